The Balaban J connectivity index is 4.13. The van der Waals surface area contributed by atoms with Crippen LogP contribution in [-0.2, 0) is 28.6 Å². The summed E-state index contributed by atoms with van der Waals surface area (Å²) in [5.74, 6) is -0.858. The van der Waals surface area contributed by atoms with Crippen LogP contribution >= 0.6 is 0 Å². The van der Waals surface area contributed by atoms with E-state index >= 15 is 0 Å². The normalized spacial score (nSPS) is 12.3. The first kappa shape index (κ1) is 75.4. The second-order valence-electron chi connectivity index (χ2n) is 23.4. The number of hydrogen-bond donors (Lipinski definition) is 0. The minimum Gasteiger partial charge on any atom is -0.462 e. The molecule has 1 unspecified atom stereocenters. The van der Waals surface area contributed by atoms with E-state index in [2.05, 4.69) is 69.4 Å². The first-order valence-corrected chi connectivity index (χ1v) is 34.6. The molecule has 0 aromatic heterocycles. The molecule has 0 aromatic rings. The average Bonchev–Trinajstić information content (AvgIpc) is 3.44. The van der Waals surface area contributed by atoms with Gasteiger partial charge < -0.3 is 14.2 Å². The maximum absolute atomic E-state index is 12.9. The summed E-state index contributed by atoms with van der Waals surface area (Å²) < 4.78 is 16.9. The van der Waals surface area contributed by atoms with Gasteiger partial charge in [0.15, 0.2) is 6.10 Å². The molecule has 456 valence electrons. The molecule has 6 heteroatoms. The molecule has 0 aliphatic heterocycles. The lowest BCUT2D eigenvalue weighted by molar-refractivity contribution is -0.167. The highest BCUT2D eigenvalue weighted by Crippen LogP contribution is 2.19. The molecular weight excluding hydrogens is 961 g/mol. The summed E-state index contributed by atoms with van der Waals surface area (Å²) in [7, 11) is 0. The molecule has 0 rings (SSSR count). The monoisotopic (exact) mass is 1090 g/mol. The van der Waals surface area contributed by atoms with Crippen LogP contribution in [0.3, 0.4) is 0 Å². The summed E-state index contributed by atoms with van der Waals surface area (Å²) in [5.41, 5.74) is 0. The summed E-state index contributed by atoms with van der Waals surface area (Å²) in [6.45, 7) is 6.57. The third-order valence-corrected chi connectivity index (χ3v) is 15.6. The van der Waals surface area contributed by atoms with Gasteiger partial charge in [-0.15, -0.1) is 0 Å². The van der Waals surface area contributed by atoms with Crippen LogP contribution in [-0.4, -0.2) is 37.2 Å². The van der Waals surface area contributed by atoms with Crippen molar-refractivity contribution in [3.05, 3.63) is 48.6 Å². The Morgan fingerprint density at radius 3 is 0.782 bits per heavy atom. The maximum Gasteiger partial charge on any atom is 0.306 e. The van der Waals surface area contributed by atoms with Crippen LogP contribution in [0.2, 0.25) is 0 Å². The molecule has 0 aliphatic rings. The van der Waals surface area contributed by atoms with Crippen molar-refractivity contribution >= 4 is 17.9 Å². The fourth-order valence-electron chi connectivity index (χ4n) is 10.4. The van der Waals surface area contributed by atoms with E-state index in [1.165, 1.54) is 244 Å². The fourth-order valence-corrected chi connectivity index (χ4v) is 10.4. The number of allylic oxidation sites excluding steroid dienone is 8. The van der Waals surface area contributed by atoms with Crippen LogP contribution < -0.4 is 0 Å². The SMILES string of the molecule is CC/C=C\C/C=C\C/C=C\C/C=C\CCCCCCCCCCC(=O)OC(COC(=O)CCCCCCCCCCCC)COC(=O)CCCCCCCCCCCCCCCCCCCCCCCCCCCCCCC. The largest absolute Gasteiger partial charge is 0.462 e. The highest BCUT2D eigenvalue weighted by atomic mass is 16.6. The molecule has 1 atom stereocenters. The zero-order chi connectivity index (χ0) is 56.4. The van der Waals surface area contributed by atoms with Gasteiger partial charge >= 0.3 is 17.9 Å². The lowest BCUT2D eigenvalue weighted by atomic mass is 10.0. The van der Waals surface area contributed by atoms with Crippen molar-refractivity contribution in [2.75, 3.05) is 13.2 Å². The molecule has 0 radical (unpaired) electrons. The van der Waals surface area contributed by atoms with E-state index in [0.717, 1.165) is 89.9 Å². The third-order valence-electron chi connectivity index (χ3n) is 15.6. The number of hydrogen-bond acceptors (Lipinski definition) is 6. The van der Waals surface area contributed by atoms with Gasteiger partial charge in [-0.3, -0.25) is 14.4 Å². The van der Waals surface area contributed by atoms with Gasteiger partial charge in [-0.1, -0.05) is 345 Å². The van der Waals surface area contributed by atoms with Crippen LogP contribution in [0.5, 0.6) is 0 Å². The number of ether oxygens (including phenoxy) is 3. The molecule has 0 saturated carbocycles. The Hall–Kier alpha value is -2.63. The summed E-state index contributed by atoms with van der Waals surface area (Å²) in [5, 5.41) is 0. The minimum atomic E-state index is -0.775. The number of rotatable bonds is 64. The zero-order valence-electron chi connectivity index (χ0n) is 52.5. The van der Waals surface area contributed by atoms with Crippen molar-refractivity contribution in [2.24, 2.45) is 0 Å². The molecular formula is C72H132O6. The molecule has 0 amide bonds. The lowest BCUT2D eigenvalue weighted by Gasteiger charge is -2.18. The highest BCUT2D eigenvalue weighted by Gasteiger charge is 2.19. The summed E-state index contributed by atoms with van der Waals surface area (Å²) in [6, 6.07) is 0. The van der Waals surface area contributed by atoms with Gasteiger partial charge in [0, 0.05) is 19.3 Å². The first-order chi connectivity index (χ1) is 38.5. The molecule has 0 saturated heterocycles. The van der Waals surface area contributed by atoms with E-state index in [9.17, 15) is 14.4 Å². The lowest BCUT2D eigenvalue weighted by Crippen LogP contribution is -2.30. The van der Waals surface area contributed by atoms with Crippen molar-refractivity contribution in [1.82, 2.24) is 0 Å². The number of unbranched alkanes of at least 4 members (excludes halogenated alkanes) is 45. The van der Waals surface area contributed by atoms with Gasteiger partial charge in [-0.2, -0.15) is 0 Å². The first-order valence-electron chi connectivity index (χ1n) is 34.6. The van der Waals surface area contributed by atoms with Crippen molar-refractivity contribution in [3.8, 4) is 0 Å². The van der Waals surface area contributed by atoms with E-state index in [0.29, 0.717) is 19.3 Å². The van der Waals surface area contributed by atoms with Crippen molar-refractivity contribution < 1.29 is 28.6 Å². The Bertz CT molecular complexity index is 1350. The van der Waals surface area contributed by atoms with Gasteiger partial charge in [0.25, 0.3) is 0 Å². The topological polar surface area (TPSA) is 78.9 Å². The van der Waals surface area contributed by atoms with Crippen LogP contribution in [0.4, 0.5) is 0 Å². The number of carbonyl (C=O) groups excluding carboxylic acids is 3. The second-order valence-corrected chi connectivity index (χ2v) is 23.4. The molecule has 6 nitrogen and oxygen atoms in total. The minimum absolute atomic E-state index is 0.0715. The molecule has 0 aromatic carbocycles. The van der Waals surface area contributed by atoms with Crippen molar-refractivity contribution in [2.45, 2.75) is 380 Å². The van der Waals surface area contributed by atoms with E-state index in [1.54, 1.807) is 0 Å². The van der Waals surface area contributed by atoms with Gasteiger partial charge in [0.2, 0.25) is 0 Å². The zero-order valence-corrected chi connectivity index (χ0v) is 52.5. The quantitative estimate of drug-likeness (QED) is 0.0261. The number of esters is 3. The van der Waals surface area contributed by atoms with E-state index in [1.807, 2.05) is 0 Å². The van der Waals surface area contributed by atoms with Gasteiger partial charge in [-0.05, 0) is 57.8 Å². The average molecular weight is 1090 g/mol. The number of carbonyl (C=O) groups is 3. The van der Waals surface area contributed by atoms with Crippen LogP contribution in [0.25, 0.3) is 0 Å². The molecule has 0 aliphatic carbocycles. The van der Waals surface area contributed by atoms with Crippen LogP contribution in [0, 0.1) is 0 Å². The Morgan fingerprint density at radius 2 is 0.500 bits per heavy atom. The highest BCUT2D eigenvalue weighted by molar-refractivity contribution is 5.71. The maximum atomic E-state index is 12.9. The Kier molecular flexibility index (Phi) is 64.6. The molecule has 0 bridgehead atoms. The second kappa shape index (κ2) is 66.9. The van der Waals surface area contributed by atoms with Gasteiger partial charge in [-0.25, -0.2) is 0 Å². The smallest absolute Gasteiger partial charge is 0.306 e. The standard InChI is InChI=1S/C72H132O6/c1-4-7-10-13-16-19-22-24-26-28-30-32-33-34-35-36-37-38-39-41-42-44-46-48-50-53-56-59-62-65-71(74)77-68-69(67-76-70(73)64-61-58-55-52-21-18-15-12-9-6-3)78-72(75)66-63-60-57-54-51-49-47-45-43-40-31-29-27-25-23-20-17-14-11-8-5-2/h8,11,17,20,25,27,31,40,69H,4-7,9-10,12-16,18-19,21-24,26,28-30,32-39,41-68H2,1-3H3/b11-8-,20-17-,27-25-,40-31-. The predicted molar refractivity (Wildman–Crippen MR) is 339 cm³/mol. The molecule has 0 N–H and O–H groups in total. The van der Waals surface area contributed by atoms with Gasteiger partial charge in [0.05, 0.1) is 0 Å². The Morgan fingerprint density at radius 1 is 0.269 bits per heavy atom. The summed E-state index contributed by atoms with van der Waals surface area (Å²) in [4.78, 5) is 38.3. The predicted octanol–water partition coefficient (Wildman–Crippen LogP) is 23.7. The van der Waals surface area contributed by atoms with Crippen LogP contribution in [0.1, 0.15) is 374 Å². The molecule has 0 spiro atoms. The van der Waals surface area contributed by atoms with Crippen molar-refractivity contribution in [3.63, 3.8) is 0 Å². The van der Waals surface area contributed by atoms with E-state index in [4.69, 9.17) is 14.2 Å². The fraction of sp³-hybridized carbons (Fsp3) is 0.847. The molecule has 0 fully saturated rings. The molecule has 78 heavy (non-hydrogen) atoms. The summed E-state index contributed by atoms with van der Waals surface area (Å²) in [6.07, 6.45) is 84.4. The van der Waals surface area contributed by atoms with Gasteiger partial charge in [0.1, 0.15) is 13.2 Å². The molecule has 0 heterocycles. The van der Waals surface area contributed by atoms with E-state index in [-0.39, 0.29) is 31.1 Å². The van der Waals surface area contributed by atoms with Crippen molar-refractivity contribution in [1.29, 1.82) is 0 Å². The van der Waals surface area contributed by atoms with E-state index < -0.39 is 6.10 Å². The van der Waals surface area contributed by atoms with Crippen LogP contribution in [0.15, 0.2) is 48.6 Å². The summed E-state index contributed by atoms with van der Waals surface area (Å²) >= 11 is 0. The Labute approximate surface area is 486 Å². The third kappa shape index (κ3) is 64.2.